The van der Waals surface area contributed by atoms with Crippen molar-refractivity contribution in [3.8, 4) is 0 Å². The number of hydrogen-bond acceptors (Lipinski definition) is 9. The average molecular weight is 1140 g/mol. The molecular weight excluding hydrogens is 1100 g/mol. The molecule has 3 aliphatic rings. The molecule has 0 aliphatic carbocycles. The van der Waals surface area contributed by atoms with E-state index in [1.807, 2.05) is 18.2 Å². The van der Waals surface area contributed by atoms with E-state index in [2.05, 4.69) is 47.9 Å². The van der Waals surface area contributed by atoms with Gasteiger partial charge in [-0.3, -0.25) is 0 Å². The van der Waals surface area contributed by atoms with Crippen molar-refractivity contribution in [2.45, 2.75) is 55.5 Å². The smallest absolute Gasteiger partial charge is 0.326 e. The second-order valence-corrected chi connectivity index (χ2v) is 19.4. The molecule has 0 aromatic heterocycles. The number of hydrogen-bond donors (Lipinski definition) is 12. The molecule has 3 heterocycles. The summed E-state index contributed by atoms with van der Waals surface area (Å²) in [5.74, 6) is -3.05. The number of carboxylic acids is 3. The lowest BCUT2D eigenvalue weighted by Gasteiger charge is -2.32. The van der Waals surface area contributed by atoms with E-state index >= 15 is 0 Å². The molecule has 6 atom stereocenters. The third-order valence-electron chi connectivity index (χ3n) is 11.6. The Balaban J connectivity index is 0.000000164. The summed E-state index contributed by atoms with van der Waals surface area (Å²) < 4.78 is 0. The number of fused-ring (bicyclic) bond motifs is 3. The van der Waals surface area contributed by atoms with E-state index in [1.54, 1.807) is 109 Å². The molecule has 9 rings (SSSR count). The number of aliphatic carboxylic acids is 3. The first kappa shape index (κ1) is 55.4. The summed E-state index contributed by atoms with van der Waals surface area (Å²) in [5.41, 5.74) is 5.25. The number of benzene rings is 6. The zero-order valence-corrected chi connectivity index (χ0v) is 43.3. The van der Waals surface area contributed by atoms with Gasteiger partial charge in [-0.2, -0.15) is 0 Å². The molecule has 12 N–H and O–H groups in total. The first-order valence-corrected chi connectivity index (χ1v) is 24.9. The molecule has 0 saturated carbocycles. The number of halogens is 6. The van der Waals surface area contributed by atoms with E-state index in [-0.39, 0.29) is 19.3 Å². The predicted molar refractivity (Wildman–Crippen MR) is 292 cm³/mol. The van der Waals surface area contributed by atoms with Crippen LogP contribution in [0.2, 0.25) is 30.1 Å². The van der Waals surface area contributed by atoms with Crippen LogP contribution in [-0.2, 0) is 14.4 Å². The van der Waals surface area contributed by atoms with Crippen LogP contribution in [-0.4, -0.2) is 69.4 Å². The number of para-hydroxylation sites is 3. The van der Waals surface area contributed by atoms with E-state index < -0.39 is 72.3 Å². The molecule has 75 heavy (non-hydrogen) atoms. The molecule has 6 aromatic rings. The molecule has 0 spiro atoms. The summed E-state index contributed by atoms with van der Waals surface area (Å²) in [4.78, 5) is 71.1. The van der Waals surface area contributed by atoms with E-state index in [1.165, 1.54) is 0 Å². The Morgan fingerprint density at radius 1 is 0.387 bits per heavy atom. The van der Waals surface area contributed by atoms with E-state index in [0.717, 1.165) is 0 Å². The number of nitrogens with one attached hydrogen (secondary N) is 9. The summed E-state index contributed by atoms with van der Waals surface area (Å²) >= 11 is 36.8. The molecule has 18 nitrogen and oxygen atoms in total. The minimum Gasteiger partial charge on any atom is -0.480 e. The van der Waals surface area contributed by atoms with Gasteiger partial charge in [0.1, 0.15) is 18.1 Å². The highest BCUT2D eigenvalue weighted by Crippen LogP contribution is 2.42. The van der Waals surface area contributed by atoms with Crippen LogP contribution in [0.1, 0.15) is 54.1 Å². The summed E-state index contributed by atoms with van der Waals surface area (Å²) in [6.07, 6.45) is 0.476. The lowest BCUT2D eigenvalue weighted by atomic mass is 9.93. The van der Waals surface area contributed by atoms with Gasteiger partial charge >= 0.3 is 36.0 Å². The largest absolute Gasteiger partial charge is 0.480 e. The van der Waals surface area contributed by atoms with Crippen LogP contribution in [0.15, 0.2) is 127 Å². The van der Waals surface area contributed by atoms with Crippen molar-refractivity contribution in [3.63, 3.8) is 0 Å². The van der Waals surface area contributed by atoms with Gasteiger partial charge in [-0.15, -0.1) is 0 Å². The van der Waals surface area contributed by atoms with Gasteiger partial charge in [0, 0.05) is 100 Å². The Bertz CT molecular complexity index is 2770. The number of anilines is 6. The Hall–Kier alpha value is -7.32. The van der Waals surface area contributed by atoms with E-state index in [4.69, 9.17) is 69.6 Å². The summed E-state index contributed by atoms with van der Waals surface area (Å²) in [7, 11) is 0. The van der Waals surface area contributed by atoms with E-state index in [9.17, 15) is 44.1 Å². The number of carbonyl (C=O) groups excluding carboxylic acids is 3. The Morgan fingerprint density at radius 3 is 0.853 bits per heavy atom. The first-order valence-electron chi connectivity index (χ1n) is 22.6. The lowest BCUT2D eigenvalue weighted by molar-refractivity contribution is -0.139. The summed E-state index contributed by atoms with van der Waals surface area (Å²) in [6, 6.07) is 30.7. The maximum absolute atomic E-state index is 12.3. The van der Waals surface area contributed by atoms with Crippen molar-refractivity contribution in [1.29, 1.82) is 0 Å². The minimum atomic E-state index is -1.02. The van der Waals surface area contributed by atoms with Crippen molar-refractivity contribution < 1.29 is 44.1 Å². The fraction of sp³-hybridized carbons (Fsp3) is 0.176. The van der Waals surface area contributed by atoms with E-state index in [0.29, 0.717) is 81.0 Å². The van der Waals surface area contributed by atoms with Crippen LogP contribution in [0.25, 0.3) is 0 Å². The molecule has 0 bridgehead atoms. The highest BCUT2D eigenvalue weighted by molar-refractivity contribution is 6.37. The monoisotopic (exact) mass is 1140 g/mol. The molecule has 0 radical (unpaired) electrons. The highest BCUT2D eigenvalue weighted by Gasteiger charge is 2.36. The molecule has 24 heteroatoms. The first-order chi connectivity index (χ1) is 35.8. The van der Waals surface area contributed by atoms with Crippen molar-refractivity contribution >= 4 is 140 Å². The summed E-state index contributed by atoms with van der Waals surface area (Å²) in [5, 5.41) is 55.4. The third kappa shape index (κ3) is 14.9. The van der Waals surface area contributed by atoms with Crippen LogP contribution in [0.3, 0.4) is 0 Å². The standard InChI is InChI=1S/3C17H15Cl2N3O3/c3*18-9-6-11(19)15-12(7-9)21-14(16(23)24)8-13(15)22-17(25)20-10-4-2-1-3-5-10/h3*1-7,13-14,21H,8H2,(H,23,24)(H2,20,22,25)/t3*13-,14+/m000/s1. The number of carboxylic acid groups (broad SMARTS) is 3. The van der Waals surface area contributed by atoms with Gasteiger partial charge in [-0.1, -0.05) is 124 Å². The van der Waals surface area contributed by atoms with Gasteiger partial charge in [0.2, 0.25) is 0 Å². The van der Waals surface area contributed by atoms with Crippen LogP contribution in [0, 0.1) is 0 Å². The second-order valence-electron chi connectivity index (χ2n) is 16.9. The fourth-order valence-electron chi connectivity index (χ4n) is 8.40. The maximum atomic E-state index is 12.3. The van der Waals surface area contributed by atoms with Gasteiger partial charge in [-0.25, -0.2) is 28.8 Å². The fourth-order valence-corrected chi connectivity index (χ4v) is 10.3. The predicted octanol–water partition coefficient (Wildman–Crippen LogP) is 12.4. The number of rotatable bonds is 9. The molecule has 390 valence electrons. The second kappa shape index (κ2) is 25.3. The molecule has 0 unspecified atom stereocenters. The molecule has 0 saturated heterocycles. The zero-order valence-electron chi connectivity index (χ0n) is 38.8. The lowest BCUT2D eigenvalue weighted by Crippen LogP contribution is -2.42. The Morgan fingerprint density at radius 2 is 0.627 bits per heavy atom. The third-order valence-corrected chi connectivity index (χ3v) is 13.2. The molecule has 0 fully saturated rings. The Labute approximate surface area is 458 Å². The number of amides is 6. The molecule has 3 aliphatic heterocycles. The molecule has 6 amide bonds. The average Bonchev–Trinajstić information content (AvgIpc) is 3.34. The van der Waals surface area contributed by atoms with Crippen LogP contribution < -0.4 is 47.9 Å². The van der Waals surface area contributed by atoms with Gasteiger partial charge in [0.15, 0.2) is 0 Å². The van der Waals surface area contributed by atoms with Crippen LogP contribution >= 0.6 is 69.6 Å². The van der Waals surface area contributed by atoms with Crippen molar-refractivity contribution in [2.75, 3.05) is 31.9 Å². The van der Waals surface area contributed by atoms with Crippen molar-refractivity contribution in [3.05, 3.63) is 174 Å². The van der Waals surface area contributed by atoms with Crippen molar-refractivity contribution in [2.24, 2.45) is 0 Å². The number of urea groups is 3. The van der Waals surface area contributed by atoms with Gasteiger partial charge < -0.3 is 63.2 Å². The van der Waals surface area contributed by atoms with Crippen molar-refractivity contribution in [1.82, 2.24) is 16.0 Å². The van der Waals surface area contributed by atoms with Crippen LogP contribution in [0.5, 0.6) is 0 Å². The SMILES string of the molecule is O=C(Nc1ccccc1)N[C@H]1C[C@H](C(=O)O)Nc2cc(Cl)cc(Cl)c21.O=C(Nc1ccccc1)N[C@H]1C[C@H](C(=O)O)Nc2cc(Cl)cc(Cl)c21.O=C(Nc1ccccc1)N[C@H]1C[C@H](C(=O)O)Nc2cc(Cl)cc(Cl)c21. The summed E-state index contributed by atoms with van der Waals surface area (Å²) in [6.45, 7) is 0. The highest BCUT2D eigenvalue weighted by atomic mass is 35.5. The quantitative estimate of drug-likeness (QED) is 0.0644. The molecule has 6 aromatic carbocycles. The minimum absolute atomic E-state index is 0.159. The number of carbonyl (C=O) groups is 6. The Kier molecular flexibility index (Phi) is 18.7. The van der Waals surface area contributed by atoms with Gasteiger partial charge in [0.05, 0.1) is 18.1 Å². The van der Waals surface area contributed by atoms with Gasteiger partial charge in [0.25, 0.3) is 0 Å². The van der Waals surface area contributed by atoms with Crippen LogP contribution in [0.4, 0.5) is 48.5 Å². The normalized spacial score (nSPS) is 18.6. The molecular formula is C51H45Cl6N9O9. The van der Waals surface area contributed by atoms with Gasteiger partial charge in [-0.05, 0) is 72.8 Å². The maximum Gasteiger partial charge on any atom is 0.326 e. The zero-order chi connectivity index (χ0) is 53.9. The topological polar surface area (TPSA) is 271 Å².